The smallest absolute Gasteiger partial charge is 0.331 e. The van der Waals surface area contributed by atoms with Crippen LogP contribution in [0.15, 0.2) is 23.3 Å². The third-order valence-corrected chi connectivity index (χ3v) is 3.84. The fraction of sp³-hybridized carbons (Fsp3) is 0.722. The van der Waals surface area contributed by atoms with Crippen LogP contribution in [0.1, 0.15) is 60.8 Å². The highest BCUT2D eigenvalue weighted by Gasteiger charge is 2.35. The van der Waals surface area contributed by atoms with Gasteiger partial charge in [-0.25, -0.2) is 4.79 Å². The Bertz CT molecular complexity index is 378. The lowest BCUT2D eigenvalue weighted by Crippen LogP contribution is -2.44. The topological polar surface area (TPSA) is 60.8 Å². The lowest BCUT2D eigenvalue weighted by Gasteiger charge is -2.39. The molecule has 1 fully saturated rings. The number of hydrogen-bond donors (Lipinski definition) is 2. The Morgan fingerprint density at radius 3 is 1.95 bits per heavy atom. The Kier molecular flexibility index (Phi) is 12.0. The van der Waals surface area contributed by atoms with Gasteiger partial charge in [-0.2, -0.15) is 0 Å². The van der Waals surface area contributed by atoms with Crippen molar-refractivity contribution in [1.82, 2.24) is 4.90 Å². The van der Waals surface area contributed by atoms with E-state index in [0.29, 0.717) is 18.4 Å². The predicted molar refractivity (Wildman–Crippen MR) is 94.1 cm³/mol. The highest BCUT2D eigenvalue weighted by molar-refractivity contribution is 5.87. The van der Waals surface area contributed by atoms with Crippen molar-refractivity contribution in [3.8, 4) is 0 Å². The van der Waals surface area contributed by atoms with E-state index in [1.165, 1.54) is 0 Å². The van der Waals surface area contributed by atoms with Gasteiger partial charge in [-0.3, -0.25) is 0 Å². The third-order valence-electron chi connectivity index (χ3n) is 3.84. The monoisotopic (exact) mass is 313 g/mol. The molecule has 0 saturated carbocycles. The maximum Gasteiger partial charge on any atom is 0.331 e. The number of likely N-dealkylation sites (tertiary alicyclic amines) is 1. The van der Waals surface area contributed by atoms with E-state index in [9.17, 15) is 9.90 Å². The molecule has 0 aromatic rings. The molecule has 130 valence electrons. The standard InChI is InChI=1S/C13H19NO3.2C2H6.CH4/c1-14-8-6-13(17,7-9-14)11-4-2-10(3-5-11)12(15)16;2*1-2;/h2,4,17H,3,5-9H2,1H3,(H,15,16);2*1-2H3;1H4. The number of carbonyl (C=O) groups is 1. The van der Waals surface area contributed by atoms with Gasteiger partial charge in [0.1, 0.15) is 0 Å². The van der Waals surface area contributed by atoms with E-state index < -0.39 is 11.6 Å². The van der Waals surface area contributed by atoms with Gasteiger partial charge in [0.2, 0.25) is 0 Å². The van der Waals surface area contributed by atoms with Crippen molar-refractivity contribution in [2.24, 2.45) is 0 Å². The lowest BCUT2D eigenvalue weighted by molar-refractivity contribution is -0.132. The number of aliphatic hydroxyl groups is 1. The number of carboxylic acids is 1. The van der Waals surface area contributed by atoms with E-state index in [-0.39, 0.29) is 7.43 Å². The number of allylic oxidation sites excluding steroid dienone is 2. The summed E-state index contributed by atoms with van der Waals surface area (Å²) >= 11 is 0. The van der Waals surface area contributed by atoms with Gasteiger partial charge >= 0.3 is 5.97 Å². The Morgan fingerprint density at radius 2 is 1.59 bits per heavy atom. The summed E-state index contributed by atoms with van der Waals surface area (Å²) < 4.78 is 0. The van der Waals surface area contributed by atoms with Crippen LogP contribution in [0.25, 0.3) is 0 Å². The number of rotatable bonds is 2. The SMILES string of the molecule is C.CC.CC.CN1CCC(O)(C2=CC=C(C(=O)O)CC2)CC1. The Hall–Kier alpha value is -1.13. The van der Waals surface area contributed by atoms with Crippen LogP contribution >= 0.6 is 0 Å². The van der Waals surface area contributed by atoms with Crippen LogP contribution in [-0.2, 0) is 4.79 Å². The predicted octanol–water partition coefficient (Wildman–Crippen LogP) is 3.86. The van der Waals surface area contributed by atoms with Crippen molar-refractivity contribution in [2.45, 2.75) is 66.4 Å². The first-order valence-electron chi connectivity index (χ1n) is 8.06. The van der Waals surface area contributed by atoms with Crippen LogP contribution in [0.5, 0.6) is 0 Å². The highest BCUT2D eigenvalue weighted by Crippen LogP contribution is 2.34. The third kappa shape index (κ3) is 6.32. The normalized spacial score (nSPS) is 19.9. The highest BCUT2D eigenvalue weighted by atomic mass is 16.4. The van der Waals surface area contributed by atoms with Crippen LogP contribution in [-0.4, -0.2) is 46.8 Å². The van der Waals surface area contributed by atoms with Gasteiger partial charge < -0.3 is 15.1 Å². The molecule has 0 aromatic heterocycles. The van der Waals surface area contributed by atoms with E-state index >= 15 is 0 Å². The summed E-state index contributed by atoms with van der Waals surface area (Å²) in [6.45, 7) is 9.78. The molecule has 0 amide bonds. The van der Waals surface area contributed by atoms with E-state index in [1.807, 2.05) is 27.7 Å². The van der Waals surface area contributed by atoms with Gasteiger partial charge in [-0.1, -0.05) is 47.3 Å². The zero-order chi connectivity index (χ0) is 16.5. The Balaban J connectivity index is 0. The van der Waals surface area contributed by atoms with Crippen molar-refractivity contribution >= 4 is 5.97 Å². The second-order valence-electron chi connectivity index (χ2n) is 5.02. The molecule has 2 N–H and O–H groups in total. The van der Waals surface area contributed by atoms with E-state index in [0.717, 1.165) is 31.5 Å². The van der Waals surface area contributed by atoms with Gasteiger partial charge in [0.25, 0.3) is 0 Å². The van der Waals surface area contributed by atoms with Gasteiger partial charge in [0.15, 0.2) is 0 Å². The summed E-state index contributed by atoms with van der Waals surface area (Å²) in [5.74, 6) is -0.851. The molecule has 0 spiro atoms. The Morgan fingerprint density at radius 1 is 1.09 bits per heavy atom. The molecule has 0 radical (unpaired) electrons. The molecule has 22 heavy (non-hydrogen) atoms. The molecule has 1 saturated heterocycles. The first kappa shape index (κ1) is 23.1. The fourth-order valence-electron chi connectivity index (χ4n) is 2.51. The maximum absolute atomic E-state index is 10.8. The summed E-state index contributed by atoms with van der Waals surface area (Å²) in [5, 5.41) is 19.4. The maximum atomic E-state index is 10.8. The van der Waals surface area contributed by atoms with Crippen molar-refractivity contribution in [1.29, 1.82) is 0 Å². The van der Waals surface area contributed by atoms with Gasteiger partial charge in [-0.05, 0) is 38.3 Å². The number of aliphatic carboxylic acids is 1. The molecular formula is C18H35NO3. The zero-order valence-corrected chi connectivity index (χ0v) is 14.1. The molecule has 0 bridgehead atoms. The second kappa shape index (κ2) is 11.4. The van der Waals surface area contributed by atoms with E-state index in [4.69, 9.17) is 5.11 Å². The summed E-state index contributed by atoms with van der Waals surface area (Å²) in [7, 11) is 2.05. The van der Waals surface area contributed by atoms with Crippen LogP contribution in [0.2, 0.25) is 0 Å². The van der Waals surface area contributed by atoms with Crippen molar-refractivity contribution in [2.75, 3.05) is 20.1 Å². The second-order valence-corrected chi connectivity index (χ2v) is 5.02. The first-order valence-corrected chi connectivity index (χ1v) is 8.06. The Labute approximate surface area is 136 Å². The van der Waals surface area contributed by atoms with Gasteiger partial charge in [0, 0.05) is 18.7 Å². The summed E-state index contributed by atoms with van der Waals surface area (Å²) in [5.41, 5.74) is 0.716. The largest absolute Gasteiger partial charge is 0.478 e. The summed E-state index contributed by atoms with van der Waals surface area (Å²) in [6, 6.07) is 0. The minimum Gasteiger partial charge on any atom is -0.478 e. The number of hydrogen-bond acceptors (Lipinski definition) is 3. The summed E-state index contributed by atoms with van der Waals surface area (Å²) in [6.07, 6.45) is 6.12. The molecule has 2 rings (SSSR count). The molecule has 0 aromatic carbocycles. The zero-order valence-electron chi connectivity index (χ0n) is 14.1. The molecule has 0 unspecified atom stereocenters. The van der Waals surface area contributed by atoms with Crippen LogP contribution in [0.3, 0.4) is 0 Å². The van der Waals surface area contributed by atoms with Crippen LogP contribution in [0, 0.1) is 0 Å². The van der Waals surface area contributed by atoms with Crippen molar-refractivity contribution in [3.05, 3.63) is 23.3 Å². The molecule has 2 aliphatic rings. The average Bonchev–Trinajstić information content (AvgIpc) is 2.54. The summed E-state index contributed by atoms with van der Waals surface area (Å²) in [4.78, 5) is 13.0. The number of piperidine rings is 1. The van der Waals surface area contributed by atoms with Crippen LogP contribution < -0.4 is 0 Å². The lowest BCUT2D eigenvalue weighted by atomic mass is 9.79. The average molecular weight is 313 g/mol. The van der Waals surface area contributed by atoms with Crippen LogP contribution in [0.4, 0.5) is 0 Å². The molecule has 4 heteroatoms. The first-order chi connectivity index (χ1) is 10.0. The molecule has 4 nitrogen and oxygen atoms in total. The van der Waals surface area contributed by atoms with E-state index in [1.54, 1.807) is 12.2 Å². The minimum absolute atomic E-state index is 0. The molecule has 0 atom stereocenters. The van der Waals surface area contributed by atoms with Crippen molar-refractivity contribution in [3.63, 3.8) is 0 Å². The van der Waals surface area contributed by atoms with Gasteiger partial charge in [-0.15, -0.1) is 0 Å². The molecule has 1 heterocycles. The van der Waals surface area contributed by atoms with Crippen molar-refractivity contribution < 1.29 is 15.0 Å². The molecule has 1 aliphatic carbocycles. The minimum atomic E-state index is -0.851. The molecular weight excluding hydrogens is 278 g/mol. The van der Waals surface area contributed by atoms with Gasteiger partial charge in [0.05, 0.1) is 5.60 Å². The van der Waals surface area contributed by atoms with E-state index in [2.05, 4.69) is 11.9 Å². The number of nitrogens with zero attached hydrogens (tertiary/aromatic N) is 1. The quantitative estimate of drug-likeness (QED) is 0.812. The fourth-order valence-corrected chi connectivity index (χ4v) is 2.51. The number of carboxylic acid groups (broad SMARTS) is 1. The molecule has 1 aliphatic heterocycles.